The Kier molecular flexibility index (Phi) is 7.07. The fourth-order valence-electron chi connectivity index (χ4n) is 0.737. The Hall–Kier alpha value is -1.23. The van der Waals surface area contributed by atoms with Gasteiger partial charge in [-0.3, -0.25) is 4.79 Å². The first-order chi connectivity index (χ1) is 5.81. The van der Waals surface area contributed by atoms with Crippen molar-refractivity contribution in [1.29, 1.82) is 0 Å². The molecule has 1 amide bonds. The zero-order chi connectivity index (χ0) is 9.23. The molecule has 0 spiro atoms. The largest absolute Gasteiger partial charge is 0.353 e. The van der Waals surface area contributed by atoms with Crippen molar-refractivity contribution in [2.24, 2.45) is 0 Å². The number of carbonyl (C=O) groups excluding carboxylic acids is 1. The van der Waals surface area contributed by atoms with Gasteiger partial charge < -0.3 is 5.32 Å². The van der Waals surface area contributed by atoms with Gasteiger partial charge in [0, 0.05) is 19.4 Å². The maximum Gasteiger partial charge on any atom is 0.220 e. The van der Waals surface area contributed by atoms with Gasteiger partial charge >= 0.3 is 0 Å². The molecule has 0 rings (SSSR count). The van der Waals surface area contributed by atoms with Gasteiger partial charge in [0.1, 0.15) is 0 Å². The molecule has 0 aromatic carbocycles. The lowest BCUT2D eigenvalue weighted by molar-refractivity contribution is -0.120. The summed E-state index contributed by atoms with van der Waals surface area (Å²) in [5.74, 6) is 5.77. The smallest absolute Gasteiger partial charge is 0.220 e. The first-order valence-corrected chi connectivity index (χ1v) is 4.08. The van der Waals surface area contributed by atoms with Crippen LogP contribution in [0.2, 0.25) is 0 Å². The van der Waals surface area contributed by atoms with E-state index in [1.165, 1.54) is 0 Å². The summed E-state index contributed by atoms with van der Waals surface area (Å²) in [4.78, 5) is 11.0. The van der Waals surface area contributed by atoms with Crippen LogP contribution in [0.1, 0.15) is 26.2 Å². The maximum absolute atomic E-state index is 11.0. The van der Waals surface area contributed by atoms with Crippen molar-refractivity contribution in [1.82, 2.24) is 5.32 Å². The second-order valence-electron chi connectivity index (χ2n) is 2.37. The summed E-state index contributed by atoms with van der Waals surface area (Å²) in [5, 5.41) is 2.70. The standard InChI is InChI=1S/C10H15NO/c1-3-5-6-7-8-10(12)11-9-4-2/h4H,2,6-9H2,1H3,(H,11,12). The normalized spacial score (nSPS) is 8.08. The number of hydrogen-bond donors (Lipinski definition) is 1. The summed E-state index contributed by atoms with van der Waals surface area (Å²) < 4.78 is 0. The molecule has 0 saturated carbocycles. The zero-order valence-electron chi connectivity index (χ0n) is 7.52. The molecule has 0 fully saturated rings. The number of rotatable bonds is 5. The predicted octanol–water partition coefficient (Wildman–Crippen LogP) is 1.48. The highest BCUT2D eigenvalue weighted by molar-refractivity contribution is 5.75. The number of nitrogens with one attached hydrogen (secondary N) is 1. The van der Waals surface area contributed by atoms with E-state index in [1.54, 1.807) is 13.0 Å². The van der Waals surface area contributed by atoms with Gasteiger partial charge in [-0.1, -0.05) is 6.08 Å². The van der Waals surface area contributed by atoms with Crippen molar-refractivity contribution in [2.75, 3.05) is 6.54 Å². The lowest BCUT2D eigenvalue weighted by Crippen LogP contribution is -2.22. The number of carbonyl (C=O) groups is 1. The second-order valence-corrected chi connectivity index (χ2v) is 2.37. The molecule has 2 nitrogen and oxygen atoms in total. The molecule has 0 aliphatic carbocycles. The molecule has 0 heterocycles. The van der Waals surface area contributed by atoms with Gasteiger partial charge in [0.25, 0.3) is 0 Å². The van der Waals surface area contributed by atoms with E-state index in [2.05, 4.69) is 23.7 Å². The number of hydrogen-bond acceptors (Lipinski definition) is 1. The van der Waals surface area contributed by atoms with E-state index < -0.39 is 0 Å². The molecule has 1 N–H and O–H groups in total. The summed E-state index contributed by atoms with van der Waals surface area (Å²) in [6.07, 6.45) is 3.87. The molecule has 0 saturated heterocycles. The zero-order valence-corrected chi connectivity index (χ0v) is 7.52. The first kappa shape index (κ1) is 10.8. The molecule has 2 heteroatoms. The summed E-state index contributed by atoms with van der Waals surface area (Å²) in [6.45, 7) is 5.86. The minimum Gasteiger partial charge on any atom is -0.353 e. The molecule has 0 aromatic heterocycles. The van der Waals surface area contributed by atoms with Crippen LogP contribution in [0.3, 0.4) is 0 Å². The second kappa shape index (κ2) is 7.87. The van der Waals surface area contributed by atoms with Gasteiger partial charge in [0.2, 0.25) is 5.91 Å². The van der Waals surface area contributed by atoms with E-state index in [0.717, 1.165) is 12.8 Å². The van der Waals surface area contributed by atoms with Crippen LogP contribution in [0.4, 0.5) is 0 Å². The number of amides is 1. The summed E-state index contributed by atoms with van der Waals surface area (Å²) in [6, 6.07) is 0. The quantitative estimate of drug-likeness (QED) is 0.373. The molecule has 0 aromatic rings. The van der Waals surface area contributed by atoms with Crippen LogP contribution in [0, 0.1) is 11.8 Å². The van der Waals surface area contributed by atoms with E-state index in [4.69, 9.17) is 0 Å². The van der Waals surface area contributed by atoms with Gasteiger partial charge in [0.15, 0.2) is 0 Å². The Morgan fingerprint density at radius 1 is 1.67 bits per heavy atom. The van der Waals surface area contributed by atoms with Crippen LogP contribution in [-0.4, -0.2) is 12.5 Å². The average Bonchev–Trinajstić information content (AvgIpc) is 2.09. The van der Waals surface area contributed by atoms with Crippen LogP contribution in [0.25, 0.3) is 0 Å². The predicted molar refractivity (Wildman–Crippen MR) is 50.5 cm³/mol. The molecule has 0 bridgehead atoms. The Bertz CT molecular complexity index is 198. The van der Waals surface area contributed by atoms with Gasteiger partial charge in [-0.2, -0.15) is 0 Å². The molecule has 0 atom stereocenters. The fraction of sp³-hybridized carbons (Fsp3) is 0.500. The Morgan fingerprint density at radius 3 is 3.00 bits per heavy atom. The van der Waals surface area contributed by atoms with E-state index in [0.29, 0.717) is 13.0 Å². The van der Waals surface area contributed by atoms with E-state index >= 15 is 0 Å². The summed E-state index contributed by atoms with van der Waals surface area (Å²) >= 11 is 0. The molecule has 66 valence electrons. The van der Waals surface area contributed by atoms with Crippen LogP contribution >= 0.6 is 0 Å². The molecule has 0 aliphatic heterocycles. The summed E-state index contributed by atoms with van der Waals surface area (Å²) in [5.41, 5.74) is 0. The Balaban J connectivity index is 3.29. The van der Waals surface area contributed by atoms with Gasteiger partial charge in [0.05, 0.1) is 0 Å². The highest BCUT2D eigenvalue weighted by Gasteiger charge is 1.96. The lowest BCUT2D eigenvalue weighted by atomic mass is 10.2. The third-order valence-electron chi connectivity index (χ3n) is 1.33. The third kappa shape index (κ3) is 6.88. The Morgan fingerprint density at radius 2 is 2.42 bits per heavy atom. The monoisotopic (exact) mass is 165 g/mol. The molecular formula is C10H15NO. The van der Waals surface area contributed by atoms with E-state index in [9.17, 15) is 4.79 Å². The number of unbranched alkanes of at least 4 members (excludes halogenated alkanes) is 1. The van der Waals surface area contributed by atoms with Crippen molar-refractivity contribution < 1.29 is 4.79 Å². The van der Waals surface area contributed by atoms with E-state index in [-0.39, 0.29) is 5.91 Å². The van der Waals surface area contributed by atoms with Crippen LogP contribution in [0.5, 0.6) is 0 Å². The van der Waals surface area contributed by atoms with Gasteiger partial charge in [-0.05, 0) is 13.3 Å². The van der Waals surface area contributed by atoms with Crippen molar-refractivity contribution in [2.45, 2.75) is 26.2 Å². The molecule has 0 radical (unpaired) electrons. The third-order valence-corrected chi connectivity index (χ3v) is 1.33. The van der Waals surface area contributed by atoms with E-state index in [1.807, 2.05) is 0 Å². The fourth-order valence-corrected chi connectivity index (χ4v) is 0.737. The minimum atomic E-state index is 0.0767. The average molecular weight is 165 g/mol. The highest BCUT2D eigenvalue weighted by atomic mass is 16.1. The van der Waals surface area contributed by atoms with Crippen LogP contribution < -0.4 is 5.32 Å². The van der Waals surface area contributed by atoms with Crippen molar-refractivity contribution >= 4 is 5.91 Å². The highest BCUT2D eigenvalue weighted by Crippen LogP contribution is 1.92. The van der Waals surface area contributed by atoms with Crippen molar-refractivity contribution in [3.63, 3.8) is 0 Å². The summed E-state index contributed by atoms with van der Waals surface area (Å²) in [7, 11) is 0. The topological polar surface area (TPSA) is 29.1 Å². The minimum absolute atomic E-state index is 0.0767. The lowest BCUT2D eigenvalue weighted by Gasteiger charge is -1.98. The molecule has 12 heavy (non-hydrogen) atoms. The van der Waals surface area contributed by atoms with Crippen LogP contribution in [0.15, 0.2) is 12.7 Å². The van der Waals surface area contributed by atoms with Gasteiger partial charge in [-0.25, -0.2) is 0 Å². The van der Waals surface area contributed by atoms with Gasteiger partial charge in [-0.15, -0.1) is 18.4 Å². The maximum atomic E-state index is 11.0. The molecule has 0 aliphatic rings. The first-order valence-electron chi connectivity index (χ1n) is 4.08. The Labute approximate surface area is 74.0 Å². The molecule has 0 unspecified atom stereocenters. The van der Waals surface area contributed by atoms with Crippen molar-refractivity contribution in [3.05, 3.63) is 12.7 Å². The van der Waals surface area contributed by atoms with Crippen LogP contribution in [-0.2, 0) is 4.79 Å². The van der Waals surface area contributed by atoms with Crippen molar-refractivity contribution in [3.8, 4) is 11.8 Å². The SMILES string of the molecule is C=CCNC(=O)CCCC#CC. The molecular weight excluding hydrogens is 150 g/mol.